The predicted octanol–water partition coefficient (Wildman–Crippen LogP) is 1.89. The first kappa shape index (κ1) is 16.0. The molecule has 5 heteroatoms. The molecule has 0 amide bonds. The van der Waals surface area contributed by atoms with Gasteiger partial charge in [0.05, 0.1) is 11.5 Å². The quantitative estimate of drug-likeness (QED) is 0.597. The van der Waals surface area contributed by atoms with E-state index in [4.69, 9.17) is 5.11 Å². The molecular formula is C16H21NO3S. The summed E-state index contributed by atoms with van der Waals surface area (Å²) in [5.74, 6) is 6.45. The summed E-state index contributed by atoms with van der Waals surface area (Å²) in [4.78, 5) is 0.240. The van der Waals surface area contributed by atoms with E-state index in [2.05, 4.69) is 16.6 Å². The van der Waals surface area contributed by atoms with Gasteiger partial charge >= 0.3 is 0 Å². The second-order valence-electron chi connectivity index (χ2n) is 5.29. The van der Waals surface area contributed by atoms with E-state index in [1.807, 2.05) is 0 Å². The molecule has 1 aromatic carbocycles. The van der Waals surface area contributed by atoms with Crippen LogP contribution in [0.4, 0.5) is 0 Å². The lowest BCUT2D eigenvalue weighted by atomic mass is 10.2. The molecule has 0 heterocycles. The van der Waals surface area contributed by atoms with Gasteiger partial charge in [0.1, 0.15) is 0 Å². The lowest BCUT2D eigenvalue weighted by Gasteiger charge is -2.06. The zero-order valence-electron chi connectivity index (χ0n) is 12.0. The second kappa shape index (κ2) is 7.60. The molecule has 0 spiro atoms. The van der Waals surface area contributed by atoms with Crippen LogP contribution in [-0.2, 0) is 10.0 Å². The van der Waals surface area contributed by atoms with E-state index < -0.39 is 10.0 Å². The SMILES string of the molecule is O=S(=O)(NCCCC1CC1)c1cccc(C#CCCO)c1. The summed E-state index contributed by atoms with van der Waals surface area (Å²) in [6.07, 6.45) is 4.97. The van der Waals surface area contributed by atoms with Gasteiger partial charge in [0.25, 0.3) is 0 Å². The van der Waals surface area contributed by atoms with Gasteiger partial charge in [-0.1, -0.05) is 30.7 Å². The highest BCUT2D eigenvalue weighted by Crippen LogP contribution is 2.33. The van der Waals surface area contributed by atoms with Crippen molar-refractivity contribution in [3.63, 3.8) is 0 Å². The van der Waals surface area contributed by atoms with Crippen molar-refractivity contribution < 1.29 is 13.5 Å². The molecule has 1 aromatic rings. The molecule has 1 aliphatic carbocycles. The minimum absolute atomic E-state index is 0.00748. The summed E-state index contributed by atoms with van der Waals surface area (Å²) < 4.78 is 27.0. The number of benzene rings is 1. The van der Waals surface area contributed by atoms with Gasteiger partial charge < -0.3 is 5.11 Å². The molecule has 0 unspecified atom stereocenters. The second-order valence-corrected chi connectivity index (χ2v) is 7.05. The number of nitrogens with one attached hydrogen (secondary N) is 1. The summed E-state index contributed by atoms with van der Waals surface area (Å²) in [7, 11) is -3.46. The minimum Gasteiger partial charge on any atom is -0.395 e. The summed E-state index contributed by atoms with van der Waals surface area (Å²) in [5, 5.41) is 8.68. The van der Waals surface area contributed by atoms with Crippen molar-refractivity contribution in [1.82, 2.24) is 4.72 Å². The Morgan fingerprint density at radius 2 is 2.14 bits per heavy atom. The number of sulfonamides is 1. The number of aliphatic hydroxyl groups excluding tert-OH is 1. The van der Waals surface area contributed by atoms with Gasteiger partial charge in [-0.3, -0.25) is 0 Å². The fourth-order valence-corrected chi connectivity index (χ4v) is 3.17. The topological polar surface area (TPSA) is 66.4 Å². The van der Waals surface area contributed by atoms with Crippen LogP contribution >= 0.6 is 0 Å². The number of hydrogen-bond donors (Lipinski definition) is 2. The van der Waals surface area contributed by atoms with E-state index in [0.717, 1.165) is 18.8 Å². The Labute approximate surface area is 126 Å². The molecule has 0 saturated heterocycles. The highest BCUT2D eigenvalue weighted by molar-refractivity contribution is 7.89. The fraction of sp³-hybridized carbons (Fsp3) is 0.500. The van der Waals surface area contributed by atoms with E-state index in [1.165, 1.54) is 12.8 Å². The molecule has 0 bridgehead atoms. The maximum atomic E-state index is 12.2. The van der Waals surface area contributed by atoms with Crippen LogP contribution in [0.15, 0.2) is 29.2 Å². The van der Waals surface area contributed by atoms with E-state index in [0.29, 0.717) is 18.5 Å². The third kappa shape index (κ3) is 5.50. The van der Waals surface area contributed by atoms with Crippen molar-refractivity contribution in [1.29, 1.82) is 0 Å². The van der Waals surface area contributed by atoms with Crippen molar-refractivity contribution in [3.8, 4) is 11.8 Å². The number of hydrogen-bond acceptors (Lipinski definition) is 3. The van der Waals surface area contributed by atoms with Gasteiger partial charge in [-0.15, -0.1) is 0 Å². The van der Waals surface area contributed by atoms with Crippen LogP contribution in [0.1, 0.15) is 37.7 Å². The molecule has 0 aliphatic heterocycles. The van der Waals surface area contributed by atoms with Gasteiger partial charge in [-0.2, -0.15) is 0 Å². The number of aliphatic hydroxyl groups is 1. The van der Waals surface area contributed by atoms with Crippen molar-refractivity contribution in [2.75, 3.05) is 13.2 Å². The Morgan fingerprint density at radius 1 is 1.33 bits per heavy atom. The van der Waals surface area contributed by atoms with E-state index in [9.17, 15) is 8.42 Å². The van der Waals surface area contributed by atoms with Gasteiger partial charge in [0, 0.05) is 18.5 Å². The summed E-state index contributed by atoms with van der Waals surface area (Å²) in [6, 6.07) is 6.58. The average molecular weight is 307 g/mol. The Kier molecular flexibility index (Phi) is 5.80. The molecule has 1 fully saturated rings. The van der Waals surface area contributed by atoms with Crippen molar-refractivity contribution >= 4 is 10.0 Å². The fourth-order valence-electron chi connectivity index (χ4n) is 2.05. The monoisotopic (exact) mass is 307 g/mol. The van der Waals surface area contributed by atoms with E-state index >= 15 is 0 Å². The first-order chi connectivity index (χ1) is 10.1. The Morgan fingerprint density at radius 3 is 2.86 bits per heavy atom. The van der Waals surface area contributed by atoms with Crippen LogP contribution in [0, 0.1) is 17.8 Å². The molecule has 4 nitrogen and oxygen atoms in total. The van der Waals surface area contributed by atoms with Gasteiger partial charge in [0.2, 0.25) is 10.0 Å². The molecule has 1 saturated carbocycles. The van der Waals surface area contributed by atoms with Crippen LogP contribution in [0.25, 0.3) is 0 Å². The van der Waals surface area contributed by atoms with Gasteiger partial charge in [-0.05, 0) is 37.0 Å². The average Bonchev–Trinajstić information content (AvgIpc) is 3.29. The Hall–Kier alpha value is -1.35. The van der Waals surface area contributed by atoms with E-state index in [1.54, 1.807) is 24.3 Å². The standard InChI is InChI=1S/C16H21NO3S/c18-12-2-1-5-15-6-3-8-16(13-15)21(19,20)17-11-4-7-14-9-10-14/h3,6,8,13-14,17-18H,2,4,7,9-12H2. The largest absolute Gasteiger partial charge is 0.395 e. The van der Waals surface area contributed by atoms with Crippen LogP contribution in [0.5, 0.6) is 0 Å². The van der Waals surface area contributed by atoms with Crippen molar-refractivity contribution in [2.45, 2.75) is 37.0 Å². The lowest BCUT2D eigenvalue weighted by molar-refractivity contribution is 0.305. The molecule has 0 atom stereocenters. The first-order valence-corrected chi connectivity index (χ1v) is 8.79. The smallest absolute Gasteiger partial charge is 0.240 e. The zero-order valence-corrected chi connectivity index (χ0v) is 12.8. The summed E-state index contributed by atoms with van der Waals surface area (Å²) in [5.41, 5.74) is 0.643. The molecule has 1 aliphatic rings. The van der Waals surface area contributed by atoms with Crippen molar-refractivity contribution in [3.05, 3.63) is 29.8 Å². The van der Waals surface area contributed by atoms with Crippen LogP contribution in [0.3, 0.4) is 0 Å². The Balaban J connectivity index is 1.94. The molecule has 2 N–H and O–H groups in total. The van der Waals surface area contributed by atoms with Crippen LogP contribution < -0.4 is 4.72 Å². The number of rotatable bonds is 7. The summed E-state index contributed by atoms with van der Waals surface area (Å²) >= 11 is 0. The molecule has 0 aromatic heterocycles. The normalized spacial score (nSPS) is 14.5. The first-order valence-electron chi connectivity index (χ1n) is 7.31. The van der Waals surface area contributed by atoms with Gasteiger partial charge in [-0.25, -0.2) is 13.1 Å². The highest BCUT2D eigenvalue weighted by atomic mass is 32.2. The lowest BCUT2D eigenvalue weighted by Crippen LogP contribution is -2.24. The van der Waals surface area contributed by atoms with E-state index in [-0.39, 0.29) is 11.5 Å². The maximum Gasteiger partial charge on any atom is 0.240 e. The Bertz CT molecular complexity index is 624. The molecule has 2 rings (SSSR count). The maximum absolute atomic E-state index is 12.2. The third-order valence-electron chi connectivity index (χ3n) is 3.39. The van der Waals surface area contributed by atoms with Gasteiger partial charge in [0.15, 0.2) is 0 Å². The molecule has 0 radical (unpaired) electrons. The van der Waals surface area contributed by atoms with Crippen LogP contribution in [0.2, 0.25) is 0 Å². The zero-order chi connectivity index (χ0) is 15.1. The molecular weight excluding hydrogens is 286 g/mol. The molecule has 21 heavy (non-hydrogen) atoms. The molecule has 114 valence electrons. The summed E-state index contributed by atoms with van der Waals surface area (Å²) in [6.45, 7) is 0.493. The van der Waals surface area contributed by atoms with Crippen molar-refractivity contribution in [2.24, 2.45) is 5.92 Å². The minimum atomic E-state index is -3.46. The third-order valence-corrected chi connectivity index (χ3v) is 4.85. The highest BCUT2D eigenvalue weighted by Gasteiger charge is 2.20. The van der Waals surface area contributed by atoms with Crippen LogP contribution in [-0.4, -0.2) is 26.7 Å². The predicted molar refractivity (Wildman–Crippen MR) is 82.2 cm³/mol.